The molecule has 0 aromatic heterocycles. The van der Waals surface area contributed by atoms with Gasteiger partial charge in [-0.3, -0.25) is 14.4 Å². The zero-order chi connectivity index (χ0) is 45.1. The Morgan fingerprint density at radius 3 is 1.13 bits per heavy atom. The summed E-state index contributed by atoms with van der Waals surface area (Å²) < 4.78 is 16.7. The molecule has 0 spiro atoms. The molecule has 1 atom stereocenters. The van der Waals surface area contributed by atoms with Crippen molar-refractivity contribution in [3.05, 3.63) is 97.2 Å². The molecule has 352 valence electrons. The Hall–Kier alpha value is -3.67. The van der Waals surface area contributed by atoms with Gasteiger partial charge in [0.15, 0.2) is 6.10 Å². The van der Waals surface area contributed by atoms with E-state index >= 15 is 0 Å². The zero-order valence-electron chi connectivity index (χ0n) is 40.1. The number of esters is 3. The van der Waals surface area contributed by atoms with Gasteiger partial charge in [-0.1, -0.05) is 195 Å². The van der Waals surface area contributed by atoms with Crippen molar-refractivity contribution in [1.82, 2.24) is 0 Å². The van der Waals surface area contributed by atoms with Crippen molar-refractivity contribution in [2.45, 2.75) is 226 Å². The number of carbonyl (C=O) groups is 3. The average molecular weight is 861 g/mol. The molecule has 0 N–H and O–H groups in total. The standard InChI is InChI=1S/C56H92O6/c1-4-7-10-13-16-19-22-25-27-28-29-32-34-37-40-43-46-49-55(58)61-52-53(51-60-54(57)48-45-42-39-36-33-30-24-21-18-15-12-9-6-3)62-56(59)50-47-44-41-38-35-31-26-23-20-17-14-11-8-5-2/h9,12,14,16-19,21,23,25-27,30,33,39,42,53H,4-8,10-11,13,15,20,22,24,28-29,31-32,34-38,40-41,43-52H2,1-3H3/b12-9-,17-14-,19-16-,21-18-,26-23-,27-25-,33-30-,42-39-. The third kappa shape index (κ3) is 47.4. The quantitative estimate of drug-likeness (QED) is 0.0263. The Labute approximate surface area is 381 Å². The van der Waals surface area contributed by atoms with Crippen LogP contribution in [0.1, 0.15) is 220 Å². The van der Waals surface area contributed by atoms with Gasteiger partial charge in [-0.05, 0) is 103 Å². The van der Waals surface area contributed by atoms with Crippen LogP contribution >= 0.6 is 0 Å². The fourth-order valence-corrected chi connectivity index (χ4v) is 6.50. The normalized spacial score (nSPS) is 12.9. The van der Waals surface area contributed by atoms with E-state index in [9.17, 15) is 14.4 Å². The number of carbonyl (C=O) groups excluding carboxylic acids is 3. The van der Waals surface area contributed by atoms with Crippen LogP contribution < -0.4 is 0 Å². The summed E-state index contributed by atoms with van der Waals surface area (Å²) in [7, 11) is 0. The molecule has 0 aromatic carbocycles. The second-order valence-electron chi connectivity index (χ2n) is 16.3. The van der Waals surface area contributed by atoms with E-state index in [1.165, 1.54) is 70.6 Å². The van der Waals surface area contributed by atoms with Crippen LogP contribution in [-0.2, 0) is 28.6 Å². The van der Waals surface area contributed by atoms with Crippen LogP contribution in [0.25, 0.3) is 0 Å². The summed E-state index contributed by atoms with van der Waals surface area (Å²) >= 11 is 0. The summed E-state index contributed by atoms with van der Waals surface area (Å²) in [4.78, 5) is 37.9. The van der Waals surface area contributed by atoms with Gasteiger partial charge >= 0.3 is 17.9 Å². The monoisotopic (exact) mass is 861 g/mol. The molecule has 6 heteroatoms. The molecule has 1 unspecified atom stereocenters. The summed E-state index contributed by atoms with van der Waals surface area (Å²) in [5, 5.41) is 0. The van der Waals surface area contributed by atoms with Crippen LogP contribution in [-0.4, -0.2) is 37.2 Å². The lowest BCUT2D eigenvalue weighted by Gasteiger charge is -2.18. The van der Waals surface area contributed by atoms with Crippen molar-refractivity contribution < 1.29 is 28.6 Å². The predicted octanol–water partition coefficient (Wildman–Crippen LogP) is 16.6. The lowest BCUT2D eigenvalue weighted by atomic mass is 10.1. The molecular weight excluding hydrogens is 769 g/mol. The van der Waals surface area contributed by atoms with Gasteiger partial charge < -0.3 is 14.2 Å². The van der Waals surface area contributed by atoms with Crippen LogP contribution in [0.15, 0.2) is 97.2 Å². The molecule has 0 radical (unpaired) electrons. The van der Waals surface area contributed by atoms with E-state index in [0.29, 0.717) is 19.3 Å². The molecule has 0 rings (SSSR count). The third-order valence-corrected chi connectivity index (χ3v) is 10.3. The first-order valence-corrected chi connectivity index (χ1v) is 25.2. The Morgan fingerprint density at radius 1 is 0.339 bits per heavy atom. The lowest BCUT2D eigenvalue weighted by molar-refractivity contribution is -0.166. The maximum atomic E-state index is 12.8. The van der Waals surface area contributed by atoms with Crippen molar-refractivity contribution in [2.24, 2.45) is 0 Å². The van der Waals surface area contributed by atoms with Crippen molar-refractivity contribution in [3.8, 4) is 0 Å². The maximum absolute atomic E-state index is 12.8. The highest BCUT2D eigenvalue weighted by molar-refractivity contribution is 5.71. The van der Waals surface area contributed by atoms with Crippen molar-refractivity contribution in [2.75, 3.05) is 13.2 Å². The number of ether oxygens (including phenoxy) is 3. The minimum atomic E-state index is -0.817. The molecule has 0 heterocycles. The Bertz CT molecular complexity index is 1260. The zero-order valence-corrected chi connectivity index (χ0v) is 40.1. The molecule has 0 bridgehead atoms. The van der Waals surface area contributed by atoms with Crippen LogP contribution in [0, 0.1) is 0 Å². The van der Waals surface area contributed by atoms with E-state index in [-0.39, 0.29) is 37.5 Å². The van der Waals surface area contributed by atoms with E-state index in [1.807, 2.05) is 12.2 Å². The van der Waals surface area contributed by atoms with Crippen molar-refractivity contribution in [3.63, 3.8) is 0 Å². The fourth-order valence-electron chi connectivity index (χ4n) is 6.50. The number of hydrogen-bond acceptors (Lipinski definition) is 6. The van der Waals surface area contributed by atoms with E-state index in [1.54, 1.807) is 0 Å². The van der Waals surface area contributed by atoms with Gasteiger partial charge in [0.2, 0.25) is 0 Å². The first kappa shape index (κ1) is 58.3. The van der Waals surface area contributed by atoms with E-state index in [4.69, 9.17) is 14.2 Å². The SMILES string of the molecule is CC/C=C\C/C=C\C/C=C\C/C=C\CCC(=O)OCC(COC(=O)CCCCCCCCC/C=C\C/C=C\CCCCC)OC(=O)CCCCCCC/C=C\C/C=C\CCCC. The Balaban J connectivity index is 4.50. The van der Waals surface area contributed by atoms with Crippen LogP contribution in [0.3, 0.4) is 0 Å². The van der Waals surface area contributed by atoms with Crippen molar-refractivity contribution in [1.29, 1.82) is 0 Å². The molecule has 0 aliphatic heterocycles. The van der Waals surface area contributed by atoms with Gasteiger partial charge in [0, 0.05) is 19.3 Å². The molecular formula is C56H92O6. The first-order valence-electron chi connectivity index (χ1n) is 25.2. The fraction of sp³-hybridized carbons (Fsp3) is 0.661. The molecule has 0 fully saturated rings. The van der Waals surface area contributed by atoms with Gasteiger partial charge in [0.1, 0.15) is 13.2 Å². The second kappa shape index (κ2) is 50.0. The van der Waals surface area contributed by atoms with Gasteiger partial charge in [-0.2, -0.15) is 0 Å². The highest BCUT2D eigenvalue weighted by Gasteiger charge is 2.19. The molecule has 0 saturated carbocycles. The van der Waals surface area contributed by atoms with Gasteiger partial charge in [0.05, 0.1) is 0 Å². The summed E-state index contributed by atoms with van der Waals surface area (Å²) in [5.41, 5.74) is 0. The van der Waals surface area contributed by atoms with Crippen molar-refractivity contribution >= 4 is 17.9 Å². The summed E-state index contributed by atoms with van der Waals surface area (Å²) in [6.07, 6.45) is 65.4. The van der Waals surface area contributed by atoms with Gasteiger partial charge in [-0.15, -0.1) is 0 Å². The maximum Gasteiger partial charge on any atom is 0.306 e. The van der Waals surface area contributed by atoms with Crippen LogP contribution in [0.4, 0.5) is 0 Å². The topological polar surface area (TPSA) is 78.9 Å². The molecule has 0 aliphatic carbocycles. The van der Waals surface area contributed by atoms with E-state index in [0.717, 1.165) is 103 Å². The van der Waals surface area contributed by atoms with Gasteiger partial charge in [0.25, 0.3) is 0 Å². The number of unbranched alkanes of at least 4 members (excludes halogenated alkanes) is 17. The smallest absolute Gasteiger partial charge is 0.306 e. The largest absolute Gasteiger partial charge is 0.462 e. The minimum Gasteiger partial charge on any atom is -0.462 e. The summed E-state index contributed by atoms with van der Waals surface area (Å²) in [6.45, 7) is 6.36. The first-order chi connectivity index (χ1) is 30.5. The number of rotatable bonds is 44. The molecule has 0 aromatic rings. The number of hydrogen-bond donors (Lipinski definition) is 0. The number of allylic oxidation sites excluding steroid dienone is 16. The second-order valence-corrected chi connectivity index (χ2v) is 16.3. The Morgan fingerprint density at radius 2 is 0.677 bits per heavy atom. The van der Waals surface area contributed by atoms with Gasteiger partial charge in [-0.25, -0.2) is 0 Å². The predicted molar refractivity (Wildman–Crippen MR) is 265 cm³/mol. The average Bonchev–Trinajstić information content (AvgIpc) is 3.27. The Kier molecular flexibility index (Phi) is 47.0. The van der Waals surface area contributed by atoms with Crippen LogP contribution in [0.2, 0.25) is 0 Å². The minimum absolute atomic E-state index is 0.111. The molecule has 6 nitrogen and oxygen atoms in total. The molecule has 0 aliphatic rings. The molecule has 0 saturated heterocycles. The lowest BCUT2D eigenvalue weighted by Crippen LogP contribution is -2.30. The highest BCUT2D eigenvalue weighted by atomic mass is 16.6. The highest BCUT2D eigenvalue weighted by Crippen LogP contribution is 2.13. The van der Waals surface area contributed by atoms with E-state index < -0.39 is 6.10 Å². The summed E-state index contributed by atoms with van der Waals surface area (Å²) in [6, 6.07) is 0. The molecule has 0 amide bonds. The van der Waals surface area contributed by atoms with Crippen LogP contribution in [0.5, 0.6) is 0 Å². The molecule has 62 heavy (non-hydrogen) atoms. The third-order valence-electron chi connectivity index (χ3n) is 10.3. The van der Waals surface area contributed by atoms with E-state index in [2.05, 4.69) is 106 Å². The summed E-state index contributed by atoms with van der Waals surface area (Å²) in [5.74, 6) is -1.02.